The quantitative estimate of drug-likeness (QED) is 0.630. The standard InChI is InChI=1S/C14H15NO4/c1-3-4-5-6-13(16)15-12-8-7-10(19-2)9-11(12)14(17)18/h3-9H,1-2H3,(H,15,16)(H,17,18)/b4-3+,6-5+. The minimum Gasteiger partial charge on any atom is -0.497 e. The van der Waals surface area contributed by atoms with Crippen molar-refractivity contribution in [3.05, 3.63) is 48.1 Å². The molecule has 2 N–H and O–H groups in total. The van der Waals surface area contributed by atoms with Gasteiger partial charge >= 0.3 is 5.97 Å². The number of anilines is 1. The summed E-state index contributed by atoms with van der Waals surface area (Å²) in [6.45, 7) is 1.83. The predicted octanol–water partition coefficient (Wildman–Crippen LogP) is 2.46. The van der Waals surface area contributed by atoms with Gasteiger partial charge in [-0.2, -0.15) is 0 Å². The van der Waals surface area contributed by atoms with Gasteiger partial charge in [-0.05, 0) is 25.1 Å². The fraction of sp³-hybridized carbons (Fsp3) is 0.143. The van der Waals surface area contributed by atoms with Gasteiger partial charge in [-0.1, -0.05) is 18.2 Å². The lowest BCUT2D eigenvalue weighted by molar-refractivity contribution is -0.111. The van der Waals surface area contributed by atoms with E-state index in [0.717, 1.165) is 0 Å². The Bertz CT molecular complexity index is 532. The highest BCUT2D eigenvalue weighted by molar-refractivity contribution is 6.04. The van der Waals surface area contributed by atoms with Crippen LogP contribution in [-0.2, 0) is 4.79 Å². The van der Waals surface area contributed by atoms with E-state index in [-0.39, 0.29) is 11.3 Å². The highest BCUT2D eigenvalue weighted by Crippen LogP contribution is 2.22. The zero-order chi connectivity index (χ0) is 14.3. The van der Waals surface area contributed by atoms with Crippen molar-refractivity contribution < 1.29 is 19.4 Å². The van der Waals surface area contributed by atoms with E-state index in [4.69, 9.17) is 9.84 Å². The number of carboxylic acids is 1. The number of ether oxygens (including phenoxy) is 1. The molecule has 0 aromatic heterocycles. The van der Waals surface area contributed by atoms with Crippen molar-refractivity contribution in [3.63, 3.8) is 0 Å². The van der Waals surface area contributed by atoms with Crippen molar-refractivity contribution in [2.75, 3.05) is 12.4 Å². The molecule has 19 heavy (non-hydrogen) atoms. The summed E-state index contributed by atoms with van der Waals surface area (Å²) in [5, 5.41) is 11.6. The van der Waals surface area contributed by atoms with Crippen molar-refractivity contribution in [2.45, 2.75) is 6.92 Å². The molecule has 0 saturated heterocycles. The SMILES string of the molecule is C/C=C/C=C/C(=O)Nc1ccc(OC)cc1C(=O)O. The van der Waals surface area contributed by atoms with E-state index in [2.05, 4.69) is 5.32 Å². The van der Waals surface area contributed by atoms with Crippen LogP contribution in [0, 0.1) is 0 Å². The zero-order valence-corrected chi connectivity index (χ0v) is 10.7. The Kier molecular flexibility index (Phi) is 5.35. The summed E-state index contributed by atoms with van der Waals surface area (Å²) in [6, 6.07) is 4.43. The molecule has 0 aliphatic carbocycles. The van der Waals surface area contributed by atoms with Gasteiger partial charge in [-0.3, -0.25) is 4.79 Å². The smallest absolute Gasteiger partial charge is 0.337 e. The molecule has 0 saturated carbocycles. The van der Waals surface area contributed by atoms with Crippen molar-refractivity contribution >= 4 is 17.6 Å². The molecule has 1 rings (SSSR count). The Labute approximate surface area is 111 Å². The number of benzene rings is 1. The van der Waals surface area contributed by atoms with Crippen LogP contribution in [0.5, 0.6) is 5.75 Å². The number of allylic oxidation sites excluding steroid dienone is 3. The van der Waals surface area contributed by atoms with Crippen LogP contribution in [0.25, 0.3) is 0 Å². The molecule has 0 bridgehead atoms. The number of carboxylic acid groups (broad SMARTS) is 1. The predicted molar refractivity (Wildman–Crippen MR) is 72.5 cm³/mol. The third-order valence-electron chi connectivity index (χ3n) is 2.27. The van der Waals surface area contributed by atoms with Gasteiger partial charge in [0.25, 0.3) is 0 Å². The summed E-state index contributed by atoms with van der Waals surface area (Å²) in [5.74, 6) is -1.11. The van der Waals surface area contributed by atoms with Gasteiger partial charge in [-0.25, -0.2) is 4.79 Å². The summed E-state index contributed by atoms with van der Waals surface area (Å²) in [7, 11) is 1.44. The van der Waals surface area contributed by atoms with E-state index in [1.54, 1.807) is 24.3 Å². The minimum absolute atomic E-state index is 0.0212. The largest absolute Gasteiger partial charge is 0.497 e. The van der Waals surface area contributed by atoms with Crippen LogP contribution in [-0.4, -0.2) is 24.1 Å². The lowest BCUT2D eigenvalue weighted by Gasteiger charge is -2.08. The van der Waals surface area contributed by atoms with E-state index in [1.165, 1.54) is 25.3 Å². The fourth-order valence-electron chi connectivity index (χ4n) is 1.36. The Morgan fingerprint density at radius 1 is 1.32 bits per heavy atom. The van der Waals surface area contributed by atoms with Crippen molar-refractivity contribution in [2.24, 2.45) is 0 Å². The second kappa shape index (κ2) is 7.00. The molecule has 0 radical (unpaired) electrons. The number of hydrogen-bond acceptors (Lipinski definition) is 3. The number of nitrogens with one attached hydrogen (secondary N) is 1. The normalized spacial score (nSPS) is 10.8. The molecule has 0 aliphatic rings. The van der Waals surface area contributed by atoms with Crippen molar-refractivity contribution in [1.82, 2.24) is 0 Å². The second-order valence-corrected chi connectivity index (χ2v) is 3.59. The monoisotopic (exact) mass is 261 g/mol. The first kappa shape index (κ1) is 14.5. The van der Waals surface area contributed by atoms with Gasteiger partial charge in [-0.15, -0.1) is 0 Å². The Morgan fingerprint density at radius 3 is 2.63 bits per heavy atom. The summed E-state index contributed by atoms with van der Waals surface area (Å²) < 4.78 is 4.95. The van der Waals surface area contributed by atoms with E-state index < -0.39 is 11.9 Å². The molecule has 5 heteroatoms. The van der Waals surface area contributed by atoms with E-state index in [0.29, 0.717) is 5.75 Å². The van der Waals surface area contributed by atoms with Gasteiger partial charge in [0, 0.05) is 6.08 Å². The summed E-state index contributed by atoms with van der Waals surface area (Å²) in [6.07, 6.45) is 6.36. The van der Waals surface area contributed by atoms with Gasteiger partial charge in [0.2, 0.25) is 5.91 Å². The maximum absolute atomic E-state index is 11.6. The molecule has 100 valence electrons. The molecule has 0 fully saturated rings. The van der Waals surface area contributed by atoms with Crippen molar-refractivity contribution in [1.29, 1.82) is 0 Å². The minimum atomic E-state index is -1.13. The first-order valence-corrected chi connectivity index (χ1v) is 5.60. The van der Waals surface area contributed by atoms with Crippen LogP contribution in [0.3, 0.4) is 0 Å². The van der Waals surface area contributed by atoms with Crippen LogP contribution in [0.4, 0.5) is 5.69 Å². The average Bonchev–Trinajstić information content (AvgIpc) is 2.39. The van der Waals surface area contributed by atoms with Crippen molar-refractivity contribution in [3.8, 4) is 5.75 Å². The van der Waals surface area contributed by atoms with Crippen LogP contribution in [0.1, 0.15) is 17.3 Å². The highest BCUT2D eigenvalue weighted by Gasteiger charge is 2.12. The maximum atomic E-state index is 11.6. The molecule has 0 heterocycles. The summed E-state index contributed by atoms with van der Waals surface area (Å²) in [4.78, 5) is 22.7. The first-order valence-electron chi connectivity index (χ1n) is 5.60. The number of aromatic carboxylic acids is 1. The van der Waals surface area contributed by atoms with Gasteiger partial charge in [0.05, 0.1) is 18.4 Å². The lowest BCUT2D eigenvalue weighted by atomic mass is 10.1. The number of rotatable bonds is 5. The molecule has 1 aromatic carbocycles. The van der Waals surface area contributed by atoms with E-state index in [1.807, 2.05) is 6.92 Å². The number of carbonyl (C=O) groups excluding carboxylic acids is 1. The molecular weight excluding hydrogens is 246 g/mol. The highest BCUT2D eigenvalue weighted by atomic mass is 16.5. The molecule has 0 aliphatic heterocycles. The fourth-order valence-corrected chi connectivity index (χ4v) is 1.36. The molecule has 5 nitrogen and oxygen atoms in total. The average molecular weight is 261 g/mol. The van der Waals surface area contributed by atoms with Crippen LogP contribution < -0.4 is 10.1 Å². The number of carbonyl (C=O) groups is 2. The zero-order valence-electron chi connectivity index (χ0n) is 10.7. The first-order chi connectivity index (χ1) is 9.08. The maximum Gasteiger partial charge on any atom is 0.337 e. The topological polar surface area (TPSA) is 75.6 Å². The third-order valence-corrected chi connectivity index (χ3v) is 2.27. The van der Waals surface area contributed by atoms with Crippen LogP contribution in [0.15, 0.2) is 42.5 Å². The van der Waals surface area contributed by atoms with Crippen LogP contribution >= 0.6 is 0 Å². The number of amides is 1. The Balaban J connectivity index is 2.94. The Morgan fingerprint density at radius 2 is 2.05 bits per heavy atom. The lowest BCUT2D eigenvalue weighted by Crippen LogP contribution is -2.12. The second-order valence-electron chi connectivity index (χ2n) is 3.59. The molecule has 0 spiro atoms. The summed E-state index contributed by atoms with van der Waals surface area (Å²) in [5.41, 5.74) is 0.204. The Hall–Kier alpha value is -2.56. The molecule has 1 amide bonds. The summed E-state index contributed by atoms with van der Waals surface area (Å²) >= 11 is 0. The van der Waals surface area contributed by atoms with E-state index >= 15 is 0 Å². The third kappa shape index (κ3) is 4.31. The number of methoxy groups -OCH3 is 1. The van der Waals surface area contributed by atoms with E-state index in [9.17, 15) is 9.59 Å². The van der Waals surface area contributed by atoms with Gasteiger partial charge < -0.3 is 15.2 Å². The molecular formula is C14H15NO4. The molecule has 0 unspecified atom stereocenters. The molecule has 0 atom stereocenters. The molecule has 1 aromatic rings. The number of hydrogen-bond donors (Lipinski definition) is 2. The van der Waals surface area contributed by atoms with Gasteiger partial charge in [0.15, 0.2) is 0 Å². The van der Waals surface area contributed by atoms with Crippen LogP contribution in [0.2, 0.25) is 0 Å². The van der Waals surface area contributed by atoms with Gasteiger partial charge in [0.1, 0.15) is 5.75 Å².